The first-order valence-corrected chi connectivity index (χ1v) is 10.2. The normalized spacial score (nSPS) is 25.6. The third-order valence-corrected chi connectivity index (χ3v) is 6.63. The van der Waals surface area contributed by atoms with Gasteiger partial charge in [0.2, 0.25) is 0 Å². The van der Waals surface area contributed by atoms with Crippen LogP contribution in [-0.4, -0.2) is 16.3 Å². The van der Waals surface area contributed by atoms with Crippen LogP contribution >= 0.6 is 0 Å². The van der Waals surface area contributed by atoms with E-state index in [1.54, 1.807) is 6.07 Å². The van der Waals surface area contributed by atoms with E-state index in [-0.39, 0.29) is 17.7 Å². The zero-order valence-corrected chi connectivity index (χ0v) is 15.6. The zero-order valence-electron chi connectivity index (χ0n) is 15.6. The van der Waals surface area contributed by atoms with Gasteiger partial charge in [-0.3, -0.25) is 5.10 Å². The summed E-state index contributed by atoms with van der Waals surface area (Å²) in [5.41, 5.74) is 6.29. The van der Waals surface area contributed by atoms with Crippen LogP contribution in [0.25, 0.3) is 10.9 Å². The first-order valence-electron chi connectivity index (χ1n) is 10.2. The van der Waals surface area contributed by atoms with Crippen LogP contribution in [0.3, 0.4) is 0 Å². The number of aromatic nitrogens is 2. The number of fused-ring (bicyclic) bond motifs is 1. The number of nitrogens with zero attached hydrogens (tertiary/aromatic N) is 1. The molecule has 1 heterocycles. The van der Waals surface area contributed by atoms with Gasteiger partial charge in [-0.25, -0.2) is 4.39 Å². The maximum atomic E-state index is 14.3. The van der Waals surface area contributed by atoms with Gasteiger partial charge in [-0.15, -0.1) is 0 Å². The molecular formula is C21H30FN3O. The average molecular weight is 359 g/mol. The van der Waals surface area contributed by atoms with Crippen molar-refractivity contribution in [2.45, 2.75) is 70.8 Å². The summed E-state index contributed by atoms with van der Waals surface area (Å²) in [6, 6.07) is 3.23. The van der Waals surface area contributed by atoms with E-state index < -0.39 is 0 Å². The molecule has 26 heavy (non-hydrogen) atoms. The Bertz CT molecular complexity index is 755. The van der Waals surface area contributed by atoms with E-state index in [4.69, 9.17) is 10.5 Å². The highest BCUT2D eigenvalue weighted by Crippen LogP contribution is 2.39. The maximum Gasteiger partial charge on any atom is 0.156 e. The van der Waals surface area contributed by atoms with Gasteiger partial charge in [0.1, 0.15) is 11.6 Å². The molecule has 3 atom stereocenters. The van der Waals surface area contributed by atoms with E-state index in [1.165, 1.54) is 63.9 Å². The van der Waals surface area contributed by atoms with E-state index in [2.05, 4.69) is 17.1 Å². The number of nitrogen functional groups attached to an aromatic ring is 1. The SMILES string of the molecule is C[C@@H](Oc1cc(F)c2c(N)n[nH]c2c1)C1CCCC(CC2CCC2)CC1. The monoisotopic (exact) mass is 359 g/mol. The molecule has 0 amide bonds. The molecule has 5 heteroatoms. The molecule has 0 spiro atoms. The number of rotatable bonds is 5. The van der Waals surface area contributed by atoms with E-state index in [0.29, 0.717) is 22.6 Å². The van der Waals surface area contributed by atoms with Crippen LogP contribution in [0.5, 0.6) is 5.75 Å². The quantitative estimate of drug-likeness (QED) is 0.699. The van der Waals surface area contributed by atoms with Crippen molar-refractivity contribution in [3.8, 4) is 5.75 Å². The predicted molar refractivity (Wildman–Crippen MR) is 103 cm³/mol. The van der Waals surface area contributed by atoms with E-state index >= 15 is 0 Å². The Morgan fingerprint density at radius 2 is 1.88 bits per heavy atom. The summed E-state index contributed by atoms with van der Waals surface area (Å²) >= 11 is 0. The Kier molecular flexibility index (Phi) is 5.05. The zero-order chi connectivity index (χ0) is 18.1. The molecule has 1 aromatic heterocycles. The minimum atomic E-state index is -0.377. The molecule has 2 fully saturated rings. The fourth-order valence-electron chi connectivity index (χ4n) is 4.80. The minimum absolute atomic E-state index is 0.0922. The average Bonchev–Trinajstić information content (AvgIpc) is 2.79. The lowest BCUT2D eigenvalue weighted by Crippen LogP contribution is -2.23. The predicted octanol–water partition coefficient (Wildman–Crippen LogP) is 5.44. The Morgan fingerprint density at radius 1 is 1.15 bits per heavy atom. The molecular weight excluding hydrogens is 329 g/mol. The highest BCUT2D eigenvalue weighted by atomic mass is 19.1. The third kappa shape index (κ3) is 3.67. The van der Waals surface area contributed by atoms with Crippen molar-refractivity contribution in [1.29, 1.82) is 0 Å². The molecule has 2 aliphatic carbocycles. The fourth-order valence-corrected chi connectivity index (χ4v) is 4.80. The molecule has 3 N–H and O–H groups in total. The number of nitrogens with two attached hydrogens (primary N) is 1. The molecule has 2 unspecified atom stereocenters. The van der Waals surface area contributed by atoms with Gasteiger partial charge in [-0.1, -0.05) is 38.5 Å². The van der Waals surface area contributed by atoms with Gasteiger partial charge in [0.15, 0.2) is 5.82 Å². The molecule has 4 nitrogen and oxygen atoms in total. The number of hydrogen-bond donors (Lipinski definition) is 2. The first-order chi connectivity index (χ1) is 12.6. The molecule has 2 aromatic rings. The van der Waals surface area contributed by atoms with Crippen molar-refractivity contribution in [3.05, 3.63) is 17.9 Å². The van der Waals surface area contributed by atoms with Crippen LogP contribution in [0.2, 0.25) is 0 Å². The van der Waals surface area contributed by atoms with Gasteiger partial charge < -0.3 is 10.5 Å². The van der Waals surface area contributed by atoms with Gasteiger partial charge in [0, 0.05) is 12.1 Å². The summed E-state index contributed by atoms with van der Waals surface area (Å²) < 4.78 is 20.4. The lowest BCUT2D eigenvalue weighted by Gasteiger charge is -2.29. The minimum Gasteiger partial charge on any atom is -0.490 e. The van der Waals surface area contributed by atoms with Gasteiger partial charge >= 0.3 is 0 Å². The largest absolute Gasteiger partial charge is 0.490 e. The summed E-state index contributed by atoms with van der Waals surface area (Å²) in [5.74, 6) is 2.82. The van der Waals surface area contributed by atoms with E-state index in [0.717, 1.165) is 11.8 Å². The second-order valence-electron chi connectivity index (χ2n) is 8.43. The summed E-state index contributed by atoms with van der Waals surface area (Å²) in [7, 11) is 0. The Labute approximate surface area is 154 Å². The second kappa shape index (κ2) is 7.45. The van der Waals surface area contributed by atoms with Crippen LogP contribution in [0.1, 0.15) is 64.7 Å². The summed E-state index contributed by atoms with van der Waals surface area (Å²) in [5, 5.41) is 7.00. The summed E-state index contributed by atoms with van der Waals surface area (Å²) in [6.45, 7) is 2.13. The molecule has 0 radical (unpaired) electrons. The molecule has 0 saturated heterocycles. The molecule has 4 rings (SSSR count). The van der Waals surface area contributed by atoms with Crippen LogP contribution in [0.4, 0.5) is 10.2 Å². The molecule has 2 saturated carbocycles. The maximum absolute atomic E-state index is 14.3. The highest BCUT2D eigenvalue weighted by molar-refractivity contribution is 5.90. The number of anilines is 1. The highest BCUT2D eigenvalue weighted by Gasteiger charge is 2.27. The smallest absolute Gasteiger partial charge is 0.156 e. The van der Waals surface area contributed by atoms with Crippen LogP contribution in [-0.2, 0) is 0 Å². The molecule has 142 valence electrons. The van der Waals surface area contributed by atoms with Gasteiger partial charge in [0.25, 0.3) is 0 Å². The Morgan fingerprint density at radius 3 is 2.65 bits per heavy atom. The molecule has 0 bridgehead atoms. The number of ether oxygens (including phenoxy) is 1. The number of H-pyrrole nitrogens is 1. The van der Waals surface area contributed by atoms with Crippen LogP contribution < -0.4 is 10.5 Å². The van der Waals surface area contributed by atoms with E-state index in [9.17, 15) is 4.39 Å². The lowest BCUT2D eigenvalue weighted by molar-refractivity contribution is 0.138. The second-order valence-corrected chi connectivity index (χ2v) is 8.43. The summed E-state index contributed by atoms with van der Waals surface area (Å²) in [4.78, 5) is 0. The first kappa shape index (κ1) is 17.6. The van der Waals surface area contributed by atoms with E-state index in [1.807, 2.05) is 0 Å². The Balaban J connectivity index is 1.37. The number of halogens is 1. The van der Waals surface area contributed by atoms with Crippen molar-refractivity contribution >= 4 is 16.7 Å². The van der Waals surface area contributed by atoms with Crippen molar-refractivity contribution < 1.29 is 9.13 Å². The van der Waals surface area contributed by atoms with Gasteiger partial charge in [0.05, 0.1) is 17.0 Å². The standard InChI is InChI=1S/C21H30FN3O/c1-13(16-7-3-6-15(8-9-16)10-14-4-2-5-14)26-17-11-18(22)20-19(12-17)24-25-21(20)23/h11-16H,2-10H2,1H3,(H3,23,24,25)/t13-,15?,16?/m1/s1. The van der Waals surface area contributed by atoms with Crippen molar-refractivity contribution in [2.24, 2.45) is 17.8 Å². The van der Waals surface area contributed by atoms with Gasteiger partial charge in [-0.05, 0) is 43.9 Å². The fraction of sp³-hybridized carbons (Fsp3) is 0.667. The van der Waals surface area contributed by atoms with Crippen molar-refractivity contribution in [2.75, 3.05) is 5.73 Å². The number of aromatic amines is 1. The topological polar surface area (TPSA) is 63.9 Å². The van der Waals surface area contributed by atoms with Crippen LogP contribution in [0.15, 0.2) is 12.1 Å². The van der Waals surface area contributed by atoms with Gasteiger partial charge in [-0.2, -0.15) is 5.10 Å². The van der Waals surface area contributed by atoms with Crippen molar-refractivity contribution in [3.63, 3.8) is 0 Å². The lowest BCUT2D eigenvalue weighted by atomic mass is 9.77. The Hall–Kier alpha value is -1.78. The summed E-state index contributed by atoms with van der Waals surface area (Å²) in [6.07, 6.45) is 12.3. The third-order valence-electron chi connectivity index (χ3n) is 6.63. The number of nitrogens with one attached hydrogen (secondary N) is 1. The number of hydrogen-bond acceptors (Lipinski definition) is 3. The van der Waals surface area contributed by atoms with Crippen LogP contribution in [0, 0.1) is 23.6 Å². The molecule has 2 aliphatic rings. The molecule has 0 aliphatic heterocycles. The molecule has 1 aromatic carbocycles. The van der Waals surface area contributed by atoms with Crippen molar-refractivity contribution in [1.82, 2.24) is 10.2 Å². The number of benzene rings is 1.